The molecular weight excluding hydrogens is 784 g/mol. The summed E-state index contributed by atoms with van der Waals surface area (Å²) in [5, 5.41) is 10.4. The molecule has 0 spiro atoms. The molecule has 344 valence electrons. The fourth-order valence-electron chi connectivity index (χ4n) is 5.44. The third-order valence-electron chi connectivity index (χ3n) is 7.80. The number of hydrogen-bond donors (Lipinski definition) is 4. The van der Waals surface area contributed by atoms with E-state index in [4.69, 9.17) is 18.9 Å². The highest BCUT2D eigenvalue weighted by atomic mass is 16.6. The standard InChI is InChI=1S/C40H72N8O12/c1-37(2,3)57-33(53)21-41-29(49)25-45-13-15-46(26-30(50)42-22-34(54)58-38(4,5)6)17-19-48(28-32(52)44-24-36(56)60-40(10,11)12)20-18-47(16-14-45)27-31(51)43-23-35(55)59-39(7,8)9/h13-28H2,1-12H3,(H,41,49)(H,42,50)(H,43,51)(H,44,52). The normalized spacial score (nSPS) is 15.9. The number of esters is 4. The van der Waals surface area contributed by atoms with Gasteiger partial charge in [0.2, 0.25) is 23.6 Å². The second kappa shape index (κ2) is 24.8. The lowest BCUT2D eigenvalue weighted by molar-refractivity contribution is -0.155. The molecule has 0 aliphatic carbocycles. The van der Waals surface area contributed by atoms with Gasteiger partial charge in [-0.1, -0.05) is 0 Å². The largest absolute Gasteiger partial charge is 0.459 e. The molecular formula is C40H72N8O12. The first-order chi connectivity index (χ1) is 27.5. The van der Waals surface area contributed by atoms with Gasteiger partial charge in [0.1, 0.15) is 48.6 Å². The van der Waals surface area contributed by atoms with E-state index in [1.54, 1.807) is 83.1 Å². The molecule has 4 N–H and O–H groups in total. The van der Waals surface area contributed by atoms with Gasteiger partial charge in [0, 0.05) is 52.4 Å². The molecule has 60 heavy (non-hydrogen) atoms. The fourth-order valence-corrected chi connectivity index (χ4v) is 5.44. The molecule has 0 aromatic carbocycles. The summed E-state index contributed by atoms with van der Waals surface area (Å²) in [5.41, 5.74) is -2.93. The van der Waals surface area contributed by atoms with Crippen molar-refractivity contribution in [3.05, 3.63) is 0 Å². The Kier molecular flexibility index (Phi) is 22.1. The number of amides is 4. The number of rotatable bonds is 16. The van der Waals surface area contributed by atoms with Crippen LogP contribution in [0.4, 0.5) is 0 Å². The van der Waals surface area contributed by atoms with Crippen LogP contribution in [-0.4, -0.2) is 194 Å². The summed E-state index contributed by atoms with van der Waals surface area (Å²) in [4.78, 5) is 109. The Bertz CT molecular complexity index is 1230. The van der Waals surface area contributed by atoms with Crippen molar-refractivity contribution in [3.8, 4) is 0 Å². The second-order valence-electron chi connectivity index (χ2n) is 18.6. The van der Waals surface area contributed by atoms with Crippen LogP contribution in [0.15, 0.2) is 0 Å². The third kappa shape index (κ3) is 28.9. The van der Waals surface area contributed by atoms with Gasteiger partial charge in [0.05, 0.1) is 26.2 Å². The van der Waals surface area contributed by atoms with Gasteiger partial charge in [-0.05, 0) is 83.1 Å². The molecule has 1 rings (SSSR count). The third-order valence-corrected chi connectivity index (χ3v) is 7.80. The fraction of sp³-hybridized carbons (Fsp3) is 0.800. The van der Waals surface area contributed by atoms with Crippen LogP contribution in [0.2, 0.25) is 0 Å². The maximum Gasteiger partial charge on any atom is 0.325 e. The lowest BCUT2D eigenvalue weighted by atomic mass is 10.2. The van der Waals surface area contributed by atoms with Crippen molar-refractivity contribution in [3.63, 3.8) is 0 Å². The summed E-state index contributed by atoms with van der Waals surface area (Å²) in [6.07, 6.45) is 0. The minimum atomic E-state index is -0.733. The highest BCUT2D eigenvalue weighted by molar-refractivity contribution is 5.85. The van der Waals surface area contributed by atoms with E-state index in [9.17, 15) is 38.4 Å². The van der Waals surface area contributed by atoms with Crippen molar-refractivity contribution in [2.75, 3.05) is 105 Å². The molecule has 4 amide bonds. The van der Waals surface area contributed by atoms with Crippen LogP contribution < -0.4 is 21.3 Å². The Labute approximate surface area is 355 Å². The quantitative estimate of drug-likeness (QED) is 0.108. The summed E-state index contributed by atoms with van der Waals surface area (Å²) in [7, 11) is 0. The van der Waals surface area contributed by atoms with Gasteiger partial charge in [0.25, 0.3) is 0 Å². The number of nitrogens with one attached hydrogen (secondary N) is 4. The number of nitrogens with zero attached hydrogens (tertiary/aromatic N) is 4. The lowest BCUT2D eigenvalue weighted by Crippen LogP contribution is -2.52. The Morgan fingerprint density at radius 2 is 0.483 bits per heavy atom. The van der Waals surface area contributed by atoms with Crippen LogP contribution in [-0.2, 0) is 57.3 Å². The van der Waals surface area contributed by atoms with Crippen LogP contribution in [0.5, 0.6) is 0 Å². The summed E-state index contributed by atoms with van der Waals surface area (Å²) in [5.74, 6) is -4.17. The zero-order valence-electron chi connectivity index (χ0n) is 38.0. The first-order valence-corrected chi connectivity index (χ1v) is 20.3. The van der Waals surface area contributed by atoms with E-state index < -0.39 is 69.9 Å². The van der Waals surface area contributed by atoms with Gasteiger partial charge in [-0.2, -0.15) is 0 Å². The van der Waals surface area contributed by atoms with Crippen molar-refractivity contribution in [2.24, 2.45) is 0 Å². The zero-order chi connectivity index (χ0) is 45.9. The van der Waals surface area contributed by atoms with Crippen molar-refractivity contribution < 1.29 is 57.3 Å². The smallest absolute Gasteiger partial charge is 0.325 e. The molecule has 0 bridgehead atoms. The van der Waals surface area contributed by atoms with Gasteiger partial charge >= 0.3 is 23.9 Å². The molecule has 1 saturated heterocycles. The molecule has 0 atom stereocenters. The van der Waals surface area contributed by atoms with Crippen LogP contribution >= 0.6 is 0 Å². The molecule has 0 aromatic rings. The Hall–Kier alpha value is -4.40. The molecule has 0 aromatic heterocycles. The summed E-state index contributed by atoms with van der Waals surface area (Å²) in [6.45, 7) is 21.0. The van der Waals surface area contributed by atoms with Crippen LogP contribution in [0.25, 0.3) is 0 Å². The number of carbonyl (C=O) groups excluding carboxylic acids is 8. The molecule has 0 radical (unpaired) electrons. The van der Waals surface area contributed by atoms with E-state index in [0.717, 1.165) is 0 Å². The Morgan fingerprint density at radius 1 is 0.333 bits per heavy atom. The van der Waals surface area contributed by atoms with Crippen molar-refractivity contribution in [1.82, 2.24) is 40.9 Å². The minimum absolute atomic E-state index is 0.121. The Balaban J connectivity index is 3.29. The van der Waals surface area contributed by atoms with E-state index >= 15 is 0 Å². The molecule has 20 heteroatoms. The summed E-state index contributed by atoms with van der Waals surface area (Å²) in [6, 6.07) is 0. The minimum Gasteiger partial charge on any atom is -0.459 e. The van der Waals surface area contributed by atoms with E-state index in [1.165, 1.54) is 0 Å². The maximum atomic E-state index is 13.1. The van der Waals surface area contributed by atoms with E-state index in [0.29, 0.717) is 0 Å². The molecule has 20 nitrogen and oxygen atoms in total. The second-order valence-corrected chi connectivity index (χ2v) is 18.6. The van der Waals surface area contributed by atoms with Crippen molar-refractivity contribution in [2.45, 2.75) is 105 Å². The molecule has 0 unspecified atom stereocenters. The average molecular weight is 857 g/mol. The predicted molar refractivity (Wildman–Crippen MR) is 221 cm³/mol. The average Bonchev–Trinajstić information content (AvgIpc) is 3.06. The predicted octanol–water partition coefficient (Wildman–Crippen LogP) is -0.960. The molecule has 1 heterocycles. The van der Waals surface area contributed by atoms with E-state index in [1.807, 2.05) is 19.6 Å². The number of hydrogen-bond acceptors (Lipinski definition) is 16. The highest BCUT2D eigenvalue weighted by Crippen LogP contribution is 2.09. The van der Waals surface area contributed by atoms with E-state index in [2.05, 4.69) is 21.3 Å². The van der Waals surface area contributed by atoms with Crippen LogP contribution in [0, 0.1) is 0 Å². The Morgan fingerprint density at radius 3 is 0.617 bits per heavy atom. The number of ether oxygens (including phenoxy) is 4. The topological polar surface area (TPSA) is 235 Å². The molecule has 0 saturated carbocycles. The van der Waals surface area contributed by atoms with Crippen molar-refractivity contribution >= 4 is 47.5 Å². The summed E-state index contributed by atoms with van der Waals surface area (Å²) >= 11 is 0. The zero-order valence-corrected chi connectivity index (χ0v) is 38.0. The molecule has 1 aliphatic rings. The van der Waals surface area contributed by atoms with Crippen LogP contribution in [0.3, 0.4) is 0 Å². The van der Waals surface area contributed by atoms with Gasteiger partial charge < -0.3 is 40.2 Å². The SMILES string of the molecule is CC(C)(C)OC(=O)CNC(=O)CN1CCN(CC(=O)NCC(=O)OC(C)(C)C)CCN(CC(=O)NCC(=O)OC(C)(C)C)CCN(CC(=O)NCC(=O)OC(C)(C)C)CC1. The van der Waals surface area contributed by atoms with Gasteiger partial charge in [-0.3, -0.25) is 58.0 Å². The summed E-state index contributed by atoms with van der Waals surface area (Å²) < 4.78 is 21.2. The lowest BCUT2D eigenvalue weighted by Gasteiger charge is -2.33. The van der Waals surface area contributed by atoms with Crippen molar-refractivity contribution in [1.29, 1.82) is 0 Å². The molecule has 1 aliphatic heterocycles. The maximum absolute atomic E-state index is 13.1. The highest BCUT2D eigenvalue weighted by Gasteiger charge is 2.25. The first kappa shape index (κ1) is 53.6. The van der Waals surface area contributed by atoms with Gasteiger partial charge in [-0.25, -0.2) is 0 Å². The van der Waals surface area contributed by atoms with Crippen LogP contribution in [0.1, 0.15) is 83.1 Å². The number of carbonyl (C=O) groups is 8. The first-order valence-electron chi connectivity index (χ1n) is 20.3. The van der Waals surface area contributed by atoms with Gasteiger partial charge in [-0.15, -0.1) is 0 Å². The molecule has 1 fully saturated rings. The van der Waals surface area contributed by atoms with E-state index in [-0.39, 0.29) is 105 Å². The monoisotopic (exact) mass is 857 g/mol. The van der Waals surface area contributed by atoms with Gasteiger partial charge in [0.15, 0.2) is 0 Å².